The van der Waals surface area contributed by atoms with E-state index < -0.39 is 0 Å². The first-order valence-electron chi connectivity index (χ1n) is 5.91. The van der Waals surface area contributed by atoms with Gasteiger partial charge in [0.2, 0.25) is 0 Å². The number of nitrogens with zero attached hydrogens (tertiary/aromatic N) is 2. The Kier molecular flexibility index (Phi) is 4.71. The lowest BCUT2D eigenvalue weighted by Gasteiger charge is -2.11. The monoisotopic (exact) mass is 359 g/mol. The minimum Gasteiger partial charge on any atom is -0.312 e. The standard InChI is InChI=1S/C13H15FIN3/c1-2-6-16-8-11-12(14)4-3-5-13(11)18-9-10(15)7-17-18/h3-5,7,9,16H,2,6,8H2,1H3. The fourth-order valence-corrected chi connectivity index (χ4v) is 2.15. The van der Waals surface area contributed by atoms with Gasteiger partial charge in [0, 0.05) is 18.3 Å². The first-order valence-corrected chi connectivity index (χ1v) is 6.99. The van der Waals surface area contributed by atoms with Crippen LogP contribution in [0.4, 0.5) is 4.39 Å². The molecule has 0 amide bonds. The second kappa shape index (κ2) is 6.29. The number of aromatic nitrogens is 2. The molecule has 0 aliphatic rings. The Morgan fingerprint density at radius 1 is 1.44 bits per heavy atom. The average molecular weight is 359 g/mol. The molecule has 3 nitrogen and oxygen atoms in total. The van der Waals surface area contributed by atoms with E-state index in [1.165, 1.54) is 6.07 Å². The van der Waals surface area contributed by atoms with Crippen molar-refractivity contribution >= 4 is 22.6 Å². The van der Waals surface area contributed by atoms with Crippen LogP contribution in [-0.4, -0.2) is 16.3 Å². The van der Waals surface area contributed by atoms with Crippen LogP contribution in [0.5, 0.6) is 0 Å². The van der Waals surface area contributed by atoms with Gasteiger partial charge in [-0.05, 0) is 47.7 Å². The van der Waals surface area contributed by atoms with Crippen molar-refractivity contribution in [2.45, 2.75) is 19.9 Å². The van der Waals surface area contributed by atoms with Crippen molar-refractivity contribution in [2.24, 2.45) is 0 Å². The third-order valence-electron chi connectivity index (χ3n) is 2.62. The summed E-state index contributed by atoms with van der Waals surface area (Å²) in [4.78, 5) is 0. The van der Waals surface area contributed by atoms with Crippen molar-refractivity contribution in [1.82, 2.24) is 15.1 Å². The van der Waals surface area contributed by atoms with Gasteiger partial charge < -0.3 is 5.32 Å². The molecule has 18 heavy (non-hydrogen) atoms. The zero-order valence-corrected chi connectivity index (χ0v) is 12.3. The highest BCUT2D eigenvalue weighted by atomic mass is 127. The summed E-state index contributed by atoms with van der Waals surface area (Å²) in [6.07, 6.45) is 4.68. The lowest BCUT2D eigenvalue weighted by Crippen LogP contribution is -2.17. The van der Waals surface area contributed by atoms with Crippen LogP contribution in [0.3, 0.4) is 0 Å². The molecule has 1 aromatic carbocycles. The average Bonchev–Trinajstić information content (AvgIpc) is 2.78. The van der Waals surface area contributed by atoms with Crippen molar-refractivity contribution in [2.75, 3.05) is 6.54 Å². The summed E-state index contributed by atoms with van der Waals surface area (Å²) in [5.41, 5.74) is 1.45. The maximum absolute atomic E-state index is 13.9. The van der Waals surface area contributed by atoms with Gasteiger partial charge in [-0.1, -0.05) is 13.0 Å². The molecule has 1 N–H and O–H groups in total. The van der Waals surface area contributed by atoms with E-state index in [1.807, 2.05) is 12.3 Å². The molecule has 1 heterocycles. The molecule has 1 aromatic heterocycles. The van der Waals surface area contributed by atoms with Crippen LogP contribution in [0.1, 0.15) is 18.9 Å². The Morgan fingerprint density at radius 2 is 2.28 bits per heavy atom. The summed E-state index contributed by atoms with van der Waals surface area (Å²) in [6.45, 7) is 3.49. The molecule has 0 bridgehead atoms. The maximum Gasteiger partial charge on any atom is 0.129 e. The van der Waals surface area contributed by atoms with Crippen molar-refractivity contribution in [1.29, 1.82) is 0 Å². The van der Waals surface area contributed by atoms with Crippen molar-refractivity contribution < 1.29 is 4.39 Å². The van der Waals surface area contributed by atoms with Crippen molar-refractivity contribution in [3.8, 4) is 5.69 Å². The molecule has 2 rings (SSSR count). The largest absolute Gasteiger partial charge is 0.312 e. The van der Waals surface area contributed by atoms with Crippen LogP contribution in [0.15, 0.2) is 30.6 Å². The minimum atomic E-state index is -0.193. The fourth-order valence-electron chi connectivity index (χ4n) is 1.76. The lowest BCUT2D eigenvalue weighted by molar-refractivity contribution is 0.582. The third kappa shape index (κ3) is 3.08. The first kappa shape index (κ1) is 13.5. The minimum absolute atomic E-state index is 0.193. The predicted octanol–water partition coefficient (Wildman–Crippen LogP) is 3.12. The first-order chi connectivity index (χ1) is 8.72. The number of benzene rings is 1. The highest BCUT2D eigenvalue weighted by Crippen LogP contribution is 2.18. The Bertz CT molecular complexity index is 525. The summed E-state index contributed by atoms with van der Waals surface area (Å²) < 4.78 is 16.6. The van der Waals surface area contributed by atoms with Crippen LogP contribution < -0.4 is 5.32 Å². The van der Waals surface area contributed by atoms with E-state index in [-0.39, 0.29) is 5.82 Å². The number of halogens is 2. The molecular formula is C13H15FIN3. The Balaban J connectivity index is 2.31. The van der Waals surface area contributed by atoms with E-state index in [0.717, 1.165) is 22.2 Å². The molecule has 0 fully saturated rings. The predicted molar refractivity (Wildman–Crippen MR) is 78.2 cm³/mol. The van der Waals surface area contributed by atoms with Gasteiger partial charge in [0.15, 0.2) is 0 Å². The van der Waals surface area contributed by atoms with E-state index in [9.17, 15) is 4.39 Å². The SMILES string of the molecule is CCCNCc1c(F)cccc1-n1cc(I)cn1. The van der Waals surface area contributed by atoms with Gasteiger partial charge in [0.05, 0.1) is 15.5 Å². The summed E-state index contributed by atoms with van der Waals surface area (Å²) >= 11 is 2.19. The molecule has 2 aromatic rings. The quantitative estimate of drug-likeness (QED) is 0.657. The van der Waals surface area contributed by atoms with E-state index in [2.05, 4.69) is 39.9 Å². The molecular weight excluding hydrogens is 344 g/mol. The topological polar surface area (TPSA) is 29.9 Å². The summed E-state index contributed by atoms with van der Waals surface area (Å²) in [5.74, 6) is -0.193. The molecule has 0 unspecified atom stereocenters. The van der Waals surface area contributed by atoms with Gasteiger partial charge in [-0.2, -0.15) is 5.10 Å². The van der Waals surface area contributed by atoms with E-state index in [4.69, 9.17) is 0 Å². The van der Waals surface area contributed by atoms with E-state index >= 15 is 0 Å². The summed E-state index contributed by atoms with van der Waals surface area (Å²) in [5, 5.41) is 7.46. The van der Waals surface area contributed by atoms with E-state index in [0.29, 0.717) is 12.1 Å². The van der Waals surface area contributed by atoms with Gasteiger partial charge in [-0.15, -0.1) is 0 Å². The van der Waals surface area contributed by atoms with Crippen LogP contribution >= 0.6 is 22.6 Å². The smallest absolute Gasteiger partial charge is 0.129 e. The van der Waals surface area contributed by atoms with Crippen LogP contribution in [-0.2, 0) is 6.54 Å². The van der Waals surface area contributed by atoms with Gasteiger partial charge >= 0.3 is 0 Å². The number of hydrogen-bond donors (Lipinski definition) is 1. The van der Waals surface area contributed by atoms with Crippen LogP contribution in [0, 0.1) is 9.39 Å². The van der Waals surface area contributed by atoms with Gasteiger partial charge in [0.1, 0.15) is 5.82 Å². The van der Waals surface area contributed by atoms with Crippen LogP contribution in [0.2, 0.25) is 0 Å². The van der Waals surface area contributed by atoms with Crippen molar-refractivity contribution in [3.63, 3.8) is 0 Å². The highest BCUT2D eigenvalue weighted by Gasteiger charge is 2.10. The van der Waals surface area contributed by atoms with Crippen LogP contribution in [0.25, 0.3) is 5.69 Å². The Morgan fingerprint density at radius 3 is 2.94 bits per heavy atom. The fraction of sp³-hybridized carbons (Fsp3) is 0.308. The third-order valence-corrected chi connectivity index (χ3v) is 3.18. The molecule has 0 saturated carbocycles. The molecule has 0 aliphatic carbocycles. The highest BCUT2D eigenvalue weighted by molar-refractivity contribution is 14.1. The molecule has 0 atom stereocenters. The molecule has 0 saturated heterocycles. The molecule has 0 aliphatic heterocycles. The molecule has 5 heteroatoms. The summed E-state index contributed by atoms with van der Waals surface area (Å²) in [6, 6.07) is 5.08. The van der Waals surface area contributed by atoms with E-state index in [1.54, 1.807) is 16.9 Å². The van der Waals surface area contributed by atoms with Crippen molar-refractivity contribution in [3.05, 3.63) is 45.5 Å². The zero-order valence-electron chi connectivity index (χ0n) is 10.2. The van der Waals surface area contributed by atoms with Gasteiger partial charge in [-0.3, -0.25) is 0 Å². The maximum atomic E-state index is 13.9. The number of nitrogens with one attached hydrogen (secondary N) is 1. The lowest BCUT2D eigenvalue weighted by atomic mass is 10.1. The molecule has 0 spiro atoms. The molecule has 96 valence electrons. The van der Waals surface area contributed by atoms with Gasteiger partial charge in [-0.25, -0.2) is 9.07 Å². The normalized spacial score (nSPS) is 10.8. The van der Waals surface area contributed by atoms with Gasteiger partial charge in [0.25, 0.3) is 0 Å². The number of hydrogen-bond acceptors (Lipinski definition) is 2. The zero-order chi connectivity index (χ0) is 13.0. The Hall–Kier alpha value is -0.950. The molecule has 0 radical (unpaired) electrons. The summed E-state index contributed by atoms with van der Waals surface area (Å²) in [7, 11) is 0. The number of rotatable bonds is 5. The second-order valence-corrected chi connectivity index (χ2v) is 5.26. The Labute approximate surface area is 120 Å². The second-order valence-electron chi connectivity index (χ2n) is 4.02.